The first-order valence-electron chi connectivity index (χ1n) is 13.3. The predicted molar refractivity (Wildman–Crippen MR) is 154 cm³/mol. The molecule has 13 heteroatoms. The largest absolute Gasteiger partial charge is 0.423 e. The van der Waals surface area contributed by atoms with Gasteiger partial charge in [0.15, 0.2) is 5.78 Å². The Balaban J connectivity index is 1.36. The molecule has 0 N–H and O–H groups in total. The molecule has 1 saturated heterocycles. The van der Waals surface area contributed by atoms with E-state index in [1.165, 1.54) is 66.7 Å². The van der Waals surface area contributed by atoms with Gasteiger partial charge in [-0.15, -0.1) is 0 Å². The van der Waals surface area contributed by atoms with Crippen LogP contribution in [0.5, 0.6) is 5.75 Å². The Kier molecular flexibility index (Phi) is 8.56. The number of nitrogens with zero attached hydrogens (tertiary/aromatic N) is 3. The third-order valence-electron chi connectivity index (χ3n) is 7.45. The summed E-state index contributed by atoms with van der Waals surface area (Å²) in [6.07, 6.45) is 2.60. The van der Waals surface area contributed by atoms with Crippen LogP contribution in [-0.2, 0) is 9.59 Å². The lowest BCUT2D eigenvalue weighted by atomic mass is 9.81. The second kappa shape index (κ2) is 12.3. The monoisotopic (exact) mass is 623 g/mol. The van der Waals surface area contributed by atoms with E-state index in [9.17, 15) is 34.1 Å². The van der Waals surface area contributed by atoms with Crippen molar-refractivity contribution < 1.29 is 33.6 Å². The van der Waals surface area contributed by atoms with Gasteiger partial charge < -0.3 is 4.74 Å². The van der Waals surface area contributed by atoms with Crippen LogP contribution in [0.3, 0.4) is 0 Å². The molecule has 3 amide bonds. The first-order valence-corrected chi connectivity index (χ1v) is 14.1. The molecule has 1 aliphatic heterocycles. The van der Waals surface area contributed by atoms with E-state index in [0.717, 1.165) is 22.9 Å². The lowest BCUT2D eigenvalue weighted by Gasteiger charge is -2.30. The van der Waals surface area contributed by atoms with Gasteiger partial charge in [-0.1, -0.05) is 36.0 Å². The quantitative estimate of drug-likeness (QED) is 0.0794. The summed E-state index contributed by atoms with van der Waals surface area (Å²) < 4.78 is 5.29. The Bertz CT molecular complexity index is 1620. The number of hydrogen-bond acceptors (Lipinski definition) is 8. The summed E-state index contributed by atoms with van der Waals surface area (Å²) in [6, 6.07) is 14.5. The van der Waals surface area contributed by atoms with Crippen LogP contribution in [0.15, 0.2) is 66.7 Å². The van der Waals surface area contributed by atoms with Gasteiger partial charge in [0, 0.05) is 22.7 Å². The van der Waals surface area contributed by atoms with Crippen molar-refractivity contribution in [2.45, 2.75) is 25.7 Å². The van der Waals surface area contributed by atoms with Gasteiger partial charge in [-0.3, -0.25) is 29.3 Å². The van der Waals surface area contributed by atoms with E-state index in [1.807, 2.05) is 0 Å². The highest BCUT2D eigenvalue weighted by Gasteiger charge is 2.52. The van der Waals surface area contributed by atoms with E-state index < -0.39 is 52.8 Å². The van der Waals surface area contributed by atoms with Crippen LogP contribution in [0.4, 0.5) is 5.69 Å². The molecule has 0 radical (unpaired) electrons. The zero-order valence-electron chi connectivity index (χ0n) is 22.4. The highest BCUT2D eigenvalue weighted by atomic mass is 35.5. The van der Waals surface area contributed by atoms with Crippen molar-refractivity contribution in [3.63, 3.8) is 0 Å². The van der Waals surface area contributed by atoms with Gasteiger partial charge >= 0.3 is 5.97 Å². The lowest BCUT2D eigenvalue weighted by molar-refractivity contribution is -0.384. The van der Waals surface area contributed by atoms with Crippen LogP contribution in [-0.4, -0.2) is 51.0 Å². The Morgan fingerprint density at radius 1 is 0.884 bits per heavy atom. The molecule has 2 atom stereocenters. The molecule has 43 heavy (non-hydrogen) atoms. The molecule has 0 spiro atoms. The van der Waals surface area contributed by atoms with Crippen molar-refractivity contribution in [1.82, 2.24) is 10.0 Å². The van der Waals surface area contributed by atoms with Crippen LogP contribution in [0, 0.1) is 22.0 Å². The molecule has 0 aromatic heterocycles. The average Bonchev–Trinajstić information content (AvgIpc) is 3.25. The number of esters is 1. The highest BCUT2D eigenvalue weighted by Crippen LogP contribution is 2.39. The number of benzene rings is 3. The van der Waals surface area contributed by atoms with Crippen LogP contribution in [0.1, 0.15) is 56.8 Å². The molecule has 1 saturated carbocycles. The zero-order valence-corrected chi connectivity index (χ0v) is 23.9. The molecule has 3 aromatic carbocycles. The molecule has 1 heterocycles. The number of rotatable bonds is 8. The molecule has 2 fully saturated rings. The summed E-state index contributed by atoms with van der Waals surface area (Å²) in [5.74, 6) is -4.27. The molecule has 220 valence electrons. The number of Topliss-reactive ketones (excluding diaryl/α,β-unsaturated/α-hetero) is 1. The predicted octanol–water partition coefficient (Wildman–Crippen LogP) is 5.54. The van der Waals surface area contributed by atoms with Crippen molar-refractivity contribution >= 4 is 58.4 Å². The topological polar surface area (TPSA) is 144 Å². The molecule has 5 rings (SSSR count). The molecule has 0 unspecified atom stereocenters. The Morgan fingerprint density at radius 2 is 1.47 bits per heavy atom. The number of carbonyl (C=O) groups is 5. The minimum atomic E-state index is -0.816. The molecule has 2 aliphatic rings. The summed E-state index contributed by atoms with van der Waals surface area (Å²) in [7, 11) is 0. The normalized spacial score (nSPS) is 17.8. The fourth-order valence-corrected chi connectivity index (χ4v) is 5.73. The van der Waals surface area contributed by atoms with Crippen molar-refractivity contribution in [3.8, 4) is 5.75 Å². The van der Waals surface area contributed by atoms with Gasteiger partial charge in [-0.2, -0.15) is 5.01 Å². The summed E-state index contributed by atoms with van der Waals surface area (Å²) in [4.78, 5) is 76.5. The highest BCUT2D eigenvalue weighted by molar-refractivity contribution is 6.36. The Morgan fingerprint density at radius 3 is 2.02 bits per heavy atom. The summed E-state index contributed by atoms with van der Waals surface area (Å²) in [5, 5.41) is 12.7. The number of carbonyl (C=O) groups excluding carboxylic acids is 5. The first kappa shape index (κ1) is 29.9. The average molecular weight is 624 g/mol. The number of imide groups is 1. The zero-order chi connectivity index (χ0) is 30.8. The van der Waals surface area contributed by atoms with Crippen LogP contribution < -0.4 is 4.74 Å². The van der Waals surface area contributed by atoms with Gasteiger partial charge in [0.2, 0.25) is 0 Å². The molecule has 3 aromatic rings. The van der Waals surface area contributed by atoms with Crippen molar-refractivity contribution in [3.05, 3.63) is 104 Å². The fourth-order valence-electron chi connectivity index (χ4n) is 5.24. The third kappa shape index (κ3) is 6.13. The SMILES string of the molecule is O=C(CN(C(=O)c1ccc(Cl)cc1Cl)N1C(=O)[C@H]2CCCC[C@H]2C1=O)c1ccc(OC(=O)c2ccc([N+](=O)[O-])cc2)cc1. The molecule has 11 nitrogen and oxygen atoms in total. The summed E-state index contributed by atoms with van der Waals surface area (Å²) >= 11 is 12.3. The van der Waals surface area contributed by atoms with Crippen molar-refractivity contribution in [1.29, 1.82) is 0 Å². The smallest absolute Gasteiger partial charge is 0.343 e. The van der Waals surface area contributed by atoms with Crippen LogP contribution in [0.2, 0.25) is 10.0 Å². The van der Waals surface area contributed by atoms with Crippen LogP contribution in [0.25, 0.3) is 0 Å². The number of hydrogen-bond donors (Lipinski definition) is 0. The second-order valence-corrected chi connectivity index (χ2v) is 11.0. The van der Waals surface area contributed by atoms with E-state index in [0.29, 0.717) is 12.8 Å². The summed E-state index contributed by atoms with van der Waals surface area (Å²) in [6.45, 7) is -0.642. The first-order chi connectivity index (χ1) is 20.5. The fraction of sp³-hybridized carbons (Fsp3) is 0.233. The van der Waals surface area contributed by atoms with Crippen molar-refractivity contribution in [2.75, 3.05) is 6.54 Å². The standard InChI is InChI=1S/C30H23Cl2N3O8/c31-19-9-14-24(25(32)15-19)27(37)33(34-28(38)22-3-1-2-4-23(22)29(34)39)16-26(36)17-7-12-21(13-8-17)43-30(40)18-5-10-20(11-6-18)35(41)42/h5-15,22-23H,1-4,16H2/t22-,23+. The van der Waals surface area contributed by atoms with E-state index in [1.54, 1.807) is 0 Å². The van der Waals surface area contributed by atoms with E-state index >= 15 is 0 Å². The number of halogens is 2. The minimum absolute atomic E-state index is 0.00866. The van der Waals surface area contributed by atoms with E-state index in [2.05, 4.69) is 0 Å². The maximum Gasteiger partial charge on any atom is 0.343 e. The number of nitro groups is 1. The summed E-state index contributed by atoms with van der Waals surface area (Å²) in [5.41, 5.74) is -0.0165. The van der Waals surface area contributed by atoms with Crippen molar-refractivity contribution in [2.24, 2.45) is 11.8 Å². The number of non-ortho nitro benzene ring substituents is 1. The lowest BCUT2D eigenvalue weighted by Crippen LogP contribution is -2.52. The molecular weight excluding hydrogens is 601 g/mol. The molecule has 1 aliphatic carbocycles. The second-order valence-electron chi connectivity index (χ2n) is 10.1. The number of nitro benzene ring substituents is 1. The van der Waals surface area contributed by atoms with Gasteiger partial charge in [0.05, 0.1) is 32.9 Å². The number of ether oxygens (including phenoxy) is 1. The minimum Gasteiger partial charge on any atom is -0.423 e. The molecule has 0 bridgehead atoms. The third-order valence-corrected chi connectivity index (χ3v) is 8.00. The van der Waals surface area contributed by atoms with Gasteiger partial charge in [-0.25, -0.2) is 9.80 Å². The Hall–Kier alpha value is -4.61. The van der Waals surface area contributed by atoms with Crippen LogP contribution >= 0.6 is 23.2 Å². The number of ketones is 1. The molecular formula is C30H23Cl2N3O8. The number of fused-ring (bicyclic) bond motifs is 1. The van der Waals surface area contributed by atoms with E-state index in [4.69, 9.17) is 27.9 Å². The maximum absolute atomic E-state index is 13.7. The van der Waals surface area contributed by atoms with Gasteiger partial charge in [-0.05, 0) is 67.4 Å². The van der Waals surface area contributed by atoms with Gasteiger partial charge in [0.25, 0.3) is 23.4 Å². The Labute approximate surface area is 255 Å². The van der Waals surface area contributed by atoms with Gasteiger partial charge in [0.1, 0.15) is 12.3 Å². The van der Waals surface area contributed by atoms with E-state index in [-0.39, 0.29) is 38.2 Å². The number of amides is 3. The maximum atomic E-state index is 13.7. The number of hydrazine groups is 1.